The van der Waals surface area contributed by atoms with E-state index in [4.69, 9.17) is 0 Å². The van der Waals surface area contributed by atoms with E-state index in [2.05, 4.69) is 25.9 Å². The van der Waals surface area contributed by atoms with E-state index in [-0.39, 0.29) is 0 Å². The lowest BCUT2D eigenvalue weighted by atomic mass is 10.0. The second kappa shape index (κ2) is 5.25. The van der Waals surface area contributed by atoms with E-state index in [0.29, 0.717) is 19.0 Å². The van der Waals surface area contributed by atoms with Gasteiger partial charge in [-0.25, -0.2) is 8.42 Å². The van der Waals surface area contributed by atoms with Gasteiger partial charge in [0.05, 0.1) is 11.9 Å². The van der Waals surface area contributed by atoms with Gasteiger partial charge in [0.15, 0.2) is 0 Å². The summed E-state index contributed by atoms with van der Waals surface area (Å²) in [6.45, 7) is 8.22. The quantitative estimate of drug-likeness (QED) is 0.850. The van der Waals surface area contributed by atoms with Crippen LogP contribution in [0, 0.1) is 0 Å². The van der Waals surface area contributed by atoms with Crippen LogP contribution in [0.3, 0.4) is 0 Å². The van der Waals surface area contributed by atoms with Crippen LogP contribution in [0.15, 0.2) is 0 Å². The van der Waals surface area contributed by atoms with E-state index in [1.165, 1.54) is 11.9 Å². The molecule has 108 valence electrons. The van der Waals surface area contributed by atoms with Gasteiger partial charge < -0.3 is 0 Å². The number of rotatable bonds is 3. The first kappa shape index (κ1) is 14.5. The zero-order chi connectivity index (χ0) is 14.2. The molecule has 0 saturated heterocycles. The molecule has 0 bridgehead atoms. The highest BCUT2D eigenvalue weighted by molar-refractivity contribution is 7.88. The molecule has 0 amide bonds. The molecular weight excluding hydrogens is 262 g/mol. The molecule has 0 aromatic carbocycles. The minimum atomic E-state index is -3.14. The van der Waals surface area contributed by atoms with Crippen molar-refractivity contribution in [3.05, 3.63) is 17.0 Å². The predicted molar refractivity (Wildman–Crippen MR) is 75.6 cm³/mol. The van der Waals surface area contributed by atoms with Gasteiger partial charge in [-0.2, -0.15) is 9.40 Å². The highest BCUT2D eigenvalue weighted by Crippen LogP contribution is 2.28. The van der Waals surface area contributed by atoms with Crippen molar-refractivity contribution in [2.75, 3.05) is 12.8 Å². The smallest absolute Gasteiger partial charge is 0.211 e. The van der Waals surface area contributed by atoms with Gasteiger partial charge in [0, 0.05) is 30.9 Å². The van der Waals surface area contributed by atoms with Gasteiger partial charge in [-0.1, -0.05) is 13.8 Å². The average molecular weight is 285 g/mol. The fraction of sp³-hybridized carbons (Fsp3) is 0.769. The van der Waals surface area contributed by atoms with Gasteiger partial charge in [-0.15, -0.1) is 0 Å². The second-order valence-electron chi connectivity index (χ2n) is 5.48. The molecule has 2 rings (SSSR count). The molecule has 1 aliphatic rings. The van der Waals surface area contributed by atoms with Crippen molar-refractivity contribution in [2.24, 2.45) is 0 Å². The van der Waals surface area contributed by atoms with Crippen LogP contribution in [0.25, 0.3) is 0 Å². The first-order valence-electron chi connectivity index (χ1n) is 6.88. The number of fused-ring (bicyclic) bond motifs is 1. The van der Waals surface area contributed by atoms with Crippen molar-refractivity contribution in [1.82, 2.24) is 14.1 Å². The number of hydrogen-bond acceptors (Lipinski definition) is 3. The Balaban J connectivity index is 2.48. The minimum Gasteiger partial charge on any atom is -0.269 e. The monoisotopic (exact) mass is 285 g/mol. The summed E-state index contributed by atoms with van der Waals surface area (Å²) in [6, 6.07) is 0. The topological polar surface area (TPSA) is 55.2 Å². The summed E-state index contributed by atoms with van der Waals surface area (Å²) in [7, 11) is -3.14. The van der Waals surface area contributed by atoms with Crippen molar-refractivity contribution in [3.8, 4) is 0 Å². The van der Waals surface area contributed by atoms with E-state index < -0.39 is 10.0 Å². The van der Waals surface area contributed by atoms with Gasteiger partial charge in [0.2, 0.25) is 10.0 Å². The first-order chi connectivity index (χ1) is 8.84. The summed E-state index contributed by atoms with van der Waals surface area (Å²) >= 11 is 0. The molecule has 1 aliphatic heterocycles. The molecular formula is C13H23N3O2S. The summed E-state index contributed by atoms with van der Waals surface area (Å²) in [6.07, 6.45) is 3.06. The Labute approximate surface area is 115 Å². The molecule has 6 heteroatoms. The molecule has 0 saturated carbocycles. The fourth-order valence-corrected chi connectivity index (χ4v) is 3.52. The Morgan fingerprint density at radius 3 is 2.58 bits per heavy atom. The minimum absolute atomic E-state index is 0.320. The molecule has 0 fully saturated rings. The van der Waals surface area contributed by atoms with E-state index in [1.54, 1.807) is 4.31 Å². The van der Waals surface area contributed by atoms with E-state index in [9.17, 15) is 8.42 Å². The molecule has 0 N–H and O–H groups in total. The van der Waals surface area contributed by atoms with Crippen LogP contribution in [-0.4, -0.2) is 35.3 Å². The molecule has 0 unspecified atom stereocenters. The van der Waals surface area contributed by atoms with Crippen LogP contribution in [-0.2, 0) is 29.5 Å². The number of aryl methyl sites for hydroxylation is 1. The largest absolute Gasteiger partial charge is 0.269 e. The molecule has 1 aromatic rings. The van der Waals surface area contributed by atoms with Crippen LogP contribution in [0.1, 0.15) is 50.1 Å². The predicted octanol–water partition coefficient (Wildman–Crippen LogP) is 1.73. The Hall–Kier alpha value is -0.880. The van der Waals surface area contributed by atoms with Crippen molar-refractivity contribution in [2.45, 2.75) is 52.6 Å². The third-order valence-electron chi connectivity index (χ3n) is 3.67. The van der Waals surface area contributed by atoms with Gasteiger partial charge in [-0.05, 0) is 25.7 Å². The van der Waals surface area contributed by atoms with E-state index in [1.807, 2.05) is 4.68 Å². The number of hydrogen-bond donors (Lipinski definition) is 0. The summed E-state index contributed by atoms with van der Waals surface area (Å²) in [5.74, 6) is 0.320. The Bertz CT molecular complexity index is 561. The molecule has 0 atom stereocenters. The van der Waals surface area contributed by atoms with Crippen LogP contribution in [0.4, 0.5) is 0 Å². The van der Waals surface area contributed by atoms with Crippen molar-refractivity contribution in [1.29, 1.82) is 0 Å². The van der Waals surface area contributed by atoms with Crippen molar-refractivity contribution >= 4 is 10.0 Å². The third-order valence-corrected chi connectivity index (χ3v) is 4.92. The average Bonchev–Trinajstić information content (AvgIpc) is 2.51. The molecule has 19 heavy (non-hydrogen) atoms. The van der Waals surface area contributed by atoms with E-state index >= 15 is 0 Å². The third kappa shape index (κ3) is 2.84. The summed E-state index contributed by atoms with van der Waals surface area (Å²) in [5.41, 5.74) is 3.39. The Morgan fingerprint density at radius 1 is 1.37 bits per heavy atom. The molecule has 5 nitrogen and oxygen atoms in total. The van der Waals surface area contributed by atoms with Gasteiger partial charge in [-0.3, -0.25) is 4.68 Å². The lowest BCUT2D eigenvalue weighted by Gasteiger charge is -2.18. The molecule has 0 radical (unpaired) electrons. The van der Waals surface area contributed by atoms with Crippen LogP contribution >= 0.6 is 0 Å². The maximum Gasteiger partial charge on any atom is 0.211 e. The molecule has 0 aliphatic carbocycles. The highest BCUT2D eigenvalue weighted by atomic mass is 32.2. The zero-order valence-electron chi connectivity index (χ0n) is 12.2. The zero-order valence-corrected chi connectivity index (χ0v) is 13.0. The maximum atomic E-state index is 11.8. The van der Waals surface area contributed by atoms with Gasteiger partial charge >= 0.3 is 0 Å². The Morgan fingerprint density at radius 2 is 2.05 bits per heavy atom. The van der Waals surface area contributed by atoms with Crippen LogP contribution < -0.4 is 0 Å². The van der Waals surface area contributed by atoms with Gasteiger partial charge in [0.25, 0.3) is 0 Å². The second-order valence-corrected chi connectivity index (χ2v) is 7.46. The normalized spacial score (nSPS) is 17.5. The first-order valence-corrected chi connectivity index (χ1v) is 8.73. The standard InChI is InChI=1S/C13H23N3O2S/c1-5-16-12-7-6-8-15(19(4,17)18)9-11(12)13(14-16)10(2)3/h10H,5-9H2,1-4H3. The molecule has 1 aromatic heterocycles. The number of nitrogens with zero attached hydrogens (tertiary/aromatic N) is 3. The summed E-state index contributed by atoms with van der Waals surface area (Å²) < 4.78 is 27.2. The molecule has 2 heterocycles. The fourth-order valence-electron chi connectivity index (χ4n) is 2.69. The van der Waals surface area contributed by atoms with Gasteiger partial charge in [0.1, 0.15) is 0 Å². The lowest BCUT2D eigenvalue weighted by molar-refractivity contribution is 0.411. The number of sulfonamides is 1. The van der Waals surface area contributed by atoms with Crippen molar-refractivity contribution in [3.63, 3.8) is 0 Å². The molecule has 0 spiro atoms. The Kier molecular flexibility index (Phi) is 4.01. The lowest BCUT2D eigenvalue weighted by Crippen LogP contribution is -2.29. The number of aromatic nitrogens is 2. The van der Waals surface area contributed by atoms with Crippen LogP contribution in [0.2, 0.25) is 0 Å². The SMILES string of the molecule is CCn1nc(C(C)C)c2c1CCCN(S(C)(=O)=O)C2. The maximum absolute atomic E-state index is 11.8. The van der Waals surface area contributed by atoms with Crippen molar-refractivity contribution < 1.29 is 8.42 Å². The van der Waals surface area contributed by atoms with Crippen LogP contribution in [0.5, 0.6) is 0 Å². The summed E-state index contributed by atoms with van der Waals surface area (Å²) in [4.78, 5) is 0. The summed E-state index contributed by atoms with van der Waals surface area (Å²) in [5, 5.41) is 4.66. The highest BCUT2D eigenvalue weighted by Gasteiger charge is 2.27. The van der Waals surface area contributed by atoms with E-state index in [0.717, 1.165) is 30.6 Å².